The van der Waals surface area contributed by atoms with E-state index in [-0.39, 0.29) is 28.0 Å². The van der Waals surface area contributed by atoms with E-state index < -0.39 is 10.8 Å². The molecule has 2 N–H and O–H groups in total. The van der Waals surface area contributed by atoms with Crippen LogP contribution >= 0.6 is 11.6 Å². The molecule has 0 spiro atoms. The predicted molar refractivity (Wildman–Crippen MR) is 108 cm³/mol. The summed E-state index contributed by atoms with van der Waals surface area (Å²) in [7, 11) is 0. The summed E-state index contributed by atoms with van der Waals surface area (Å²) in [5.74, 6) is -0.680. The molecule has 0 bridgehead atoms. The first-order chi connectivity index (χ1) is 13.3. The number of hydrogen-bond acceptors (Lipinski definition) is 5. The van der Waals surface area contributed by atoms with Crippen molar-refractivity contribution < 1.29 is 9.72 Å². The van der Waals surface area contributed by atoms with Crippen molar-refractivity contribution in [2.24, 2.45) is 0 Å². The van der Waals surface area contributed by atoms with Gasteiger partial charge in [0.2, 0.25) is 0 Å². The Morgan fingerprint density at radius 2 is 2.00 bits per heavy atom. The molecule has 0 radical (unpaired) electrons. The lowest BCUT2D eigenvalue weighted by Crippen LogP contribution is -2.18. The number of halogens is 1. The molecule has 1 atom stereocenters. The third-order valence-corrected chi connectivity index (χ3v) is 4.45. The second-order valence-electron chi connectivity index (χ2n) is 6.03. The number of nitro benzene ring substituents is 1. The Balaban J connectivity index is 2.09. The predicted octanol–water partition coefficient (Wildman–Crippen LogP) is 4.51. The van der Waals surface area contributed by atoms with Gasteiger partial charge in [-0.05, 0) is 36.6 Å². The largest absolute Gasteiger partial charge is 0.383 e. The minimum atomic E-state index is -0.680. The molecule has 0 aromatic heterocycles. The van der Waals surface area contributed by atoms with E-state index in [0.29, 0.717) is 0 Å². The summed E-state index contributed by atoms with van der Waals surface area (Å²) in [5, 5.41) is 25.6. The Morgan fingerprint density at radius 3 is 2.57 bits per heavy atom. The number of carbonyl (C=O) groups is 1. The molecule has 0 saturated heterocycles. The zero-order valence-corrected chi connectivity index (χ0v) is 16.2. The van der Waals surface area contributed by atoms with Crippen molar-refractivity contribution in [1.29, 1.82) is 5.26 Å². The van der Waals surface area contributed by atoms with Gasteiger partial charge in [-0.1, -0.05) is 42.8 Å². The molecule has 7 nitrogen and oxygen atoms in total. The SMILES string of the molecule is CCc1ccc(C(C)N/C=C(/C#N)C(=O)Nc2ccc(Cl)c([N+](=O)[O-])c2)cc1. The van der Waals surface area contributed by atoms with E-state index in [1.807, 2.05) is 37.3 Å². The molecule has 1 amide bonds. The highest BCUT2D eigenvalue weighted by Gasteiger charge is 2.16. The maximum absolute atomic E-state index is 12.3. The maximum Gasteiger partial charge on any atom is 0.289 e. The molecule has 0 saturated carbocycles. The minimum Gasteiger partial charge on any atom is -0.383 e. The number of nitrogens with zero attached hydrogens (tertiary/aromatic N) is 2. The standard InChI is InChI=1S/C20H19ClN4O3/c1-3-14-4-6-15(7-5-14)13(2)23-12-16(11-22)20(26)24-17-8-9-18(21)19(10-17)25(27)28/h4-10,12-13,23H,3H2,1-2H3,(H,24,26)/b16-12-. The van der Waals surface area contributed by atoms with Gasteiger partial charge in [-0.2, -0.15) is 5.26 Å². The van der Waals surface area contributed by atoms with Crippen molar-refractivity contribution in [2.45, 2.75) is 26.3 Å². The van der Waals surface area contributed by atoms with Crippen LogP contribution in [0.2, 0.25) is 5.02 Å². The molecule has 0 aliphatic rings. The zero-order valence-electron chi connectivity index (χ0n) is 15.4. The molecular weight excluding hydrogens is 380 g/mol. The van der Waals surface area contributed by atoms with Gasteiger partial charge in [-0.15, -0.1) is 0 Å². The Morgan fingerprint density at radius 1 is 1.32 bits per heavy atom. The molecule has 0 fully saturated rings. The van der Waals surface area contributed by atoms with Gasteiger partial charge in [0, 0.05) is 24.0 Å². The molecule has 28 heavy (non-hydrogen) atoms. The number of nitro groups is 1. The summed E-state index contributed by atoms with van der Waals surface area (Å²) in [4.78, 5) is 22.6. The van der Waals surface area contributed by atoms with Gasteiger partial charge in [0.25, 0.3) is 11.6 Å². The summed E-state index contributed by atoms with van der Waals surface area (Å²) in [6.07, 6.45) is 2.28. The van der Waals surface area contributed by atoms with E-state index in [9.17, 15) is 20.2 Å². The number of hydrogen-bond donors (Lipinski definition) is 2. The van der Waals surface area contributed by atoms with Gasteiger partial charge in [0.05, 0.1) is 4.92 Å². The molecule has 2 rings (SSSR count). The molecule has 0 aliphatic carbocycles. The number of anilines is 1. The zero-order chi connectivity index (χ0) is 20.7. The van der Waals surface area contributed by atoms with Crippen molar-refractivity contribution in [1.82, 2.24) is 5.32 Å². The average molecular weight is 399 g/mol. The number of nitriles is 1. The van der Waals surface area contributed by atoms with Crippen LogP contribution in [0.3, 0.4) is 0 Å². The Hall–Kier alpha value is -3.37. The van der Waals surface area contributed by atoms with E-state index in [1.165, 1.54) is 23.9 Å². The number of benzene rings is 2. The fourth-order valence-electron chi connectivity index (χ4n) is 2.42. The van der Waals surface area contributed by atoms with Crippen LogP contribution in [0, 0.1) is 21.4 Å². The van der Waals surface area contributed by atoms with Crippen molar-refractivity contribution in [2.75, 3.05) is 5.32 Å². The Labute approximate surface area is 167 Å². The Kier molecular flexibility index (Phi) is 7.13. The number of amides is 1. The van der Waals surface area contributed by atoms with E-state index in [1.54, 1.807) is 0 Å². The van der Waals surface area contributed by atoms with Crippen molar-refractivity contribution in [3.8, 4) is 6.07 Å². The topological polar surface area (TPSA) is 108 Å². The van der Waals surface area contributed by atoms with Crippen LogP contribution in [0.4, 0.5) is 11.4 Å². The van der Waals surface area contributed by atoms with Gasteiger partial charge in [0.1, 0.15) is 16.7 Å². The monoisotopic (exact) mass is 398 g/mol. The molecule has 1 unspecified atom stereocenters. The summed E-state index contributed by atoms with van der Waals surface area (Å²) < 4.78 is 0. The highest BCUT2D eigenvalue weighted by atomic mass is 35.5. The van der Waals surface area contributed by atoms with Gasteiger partial charge < -0.3 is 10.6 Å². The maximum atomic E-state index is 12.3. The highest BCUT2D eigenvalue weighted by molar-refractivity contribution is 6.32. The minimum absolute atomic E-state index is 0.0383. The van der Waals surface area contributed by atoms with Crippen LogP contribution in [0.5, 0.6) is 0 Å². The molecule has 144 valence electrons. The summed E-state index contributed by atoms with van der Waals surface area (Å²) in [6.45, 7) is 3.99. The van der Waals surface area contributed by atoms with Crippen molar-refractivity contribution in [3.63, 3.8) is 0 Å². The molecular formula is C20H19ClN4O3. The van der Waals surface area contributed by atoms with Crippen LogP contribution in [-0.2, 0) is 11.2 Å². The lowest BCUT2D eigenvalue weighted by atomic mass is 10.1. The molecule has 0 heterocycles. The second-order valence-corrected chi connectivity index (χ2v) is 6.44. The van der Waals surface area contributed by atoms with E-state index >= 15 is 0 Å². The smallest absolute Gasteiger partial charge is 0.289 e. The highest BCUT2D eigenvalue weighted by Crippen LogP contribution is 2.27. The van der Waals surface area contributed by atoms with Crippen LogP contribution in [0.1, 0.15) is 31.0 Å². The molecule has 0 aliphatic heterocycles. The summed E-state index contributed by atoms with van der Waals surface area (Å²) in [5.41, 5.74) is 1.92. The first-order valence-corrected chi connectivity index (χ1v) is 8.94. The van der Waals surface area contributed by atoms with Crippen LogP contribution in [-0.4, -0.2) is 10.8 Å². The van der Waals surface area contributed by atoms with Crippen LogP contribution < -0.4 is 10.6 Å². The first-order valence-electron chi connectivity index (χ1n) is 8.56. The van der Waals surface area contributed by atoms with Crippen molar-refractivity contribution in [3.05, 3.63) is 80.5 Å². The third kappa shape index (κ3) is 5.32. The first kappa shape index (κ1) is 20.9. The van der Waals surface area contributed by atoms with E-state index in [0.717, 1.165) is 18.1 Å². The number of nitrogens with one attached hydrogen (secondary N) is 2. The normalized spacial score (nSPS) is 12.0. The van der Waals surface area contributed by atoms with Gasteiger partial charge in [0.15, 0.2) is 0 Å². The third-order valence-electron chi connectivity index (χ3n) is 4.13. The summed E-state index contributed by atoms with van der Waals surface area (Å²) in [6, 6.07) is 13.6. The molecule has 8 heteroatoms. The van der Waals surface area contributed by atoms with Crippen LogP contribution in [0.25, 0.3) is 0 Å². The summed E-state index contributed by atoms with van der Waals surface area (Å²) >= 11 is 5.75. The average Bonchev–Trinajstić information content (AvgIpc) is 2.69. The fourth-order valence-corrected chi connectivity index (χ4v) is 2.61. The number of carbonyl (C=O) groups excluding carboxylic acids is 1. The second kappa shape index (κ2) is 9.53. The fraction of sp³-hybridized carbons (Fsp3) is 0.200. The van der Waals surface area contributed by atoms with Crippen LogP contribution in [0.15, 0.2) is 54.2 Å². The van der Waals surface area contributed by atoms with Gasteiger partial charge >= 0.3 is 0 Å². The number of aryl methyl sites for hydroxylation is 1. The quantitative estimate of drug-likeness (QED) is 0.309. The van der Waals surface area contributed by atoms with E-state index in [2.05, 4.69) is 17.6 Å². The van der Waals surface area contributed by atoms with Crippen molar-refractivity contribution >= 4 is 28.9 Å². The van der Waals surface area contributed by atoms with E-state index in [4.69, 9.17) is 11.6 Å². The lowest BCUT2D eigenvalue weighted by molar-refractivity contribution is -0.384. The molecule has 2 aromatic rings. The molecule has 2 aromatic carbocycles. The van der Waals surface area contributed by atoms with Gasteiger partial charge in [-0.3, -0.25) is 14.9 Å². The van der Waals surface area contributed by atoms with Gasteiger partial charge in [-0.25, -0.2) is 0 Å². The Bertz CT molecular complexity index is 949. The number of rotatable bonds is 7. The lowest BCUT2D eigenvalue weighted by Gasteiger charge is -2.13.